The zero-order chi connectivity index (χ0) is 17.4. The van der Waals surface area contributed by atoms with E-state index < -0.39 is 0 Å². The van der Waals surface area contributed by atoms with Gasteiger partial charge >= 0.3 is 6.03 Å². The molecule has 1 aliphatic heterocycles. The van der Waals surface area contributed by atoms with Gasteiger partial charge in [-0.1, -0.05) is 23.5 Å². The molecule has 0 atom stereocenters. The number of aryl methyl sites for hydroxylation is 1. The molecule has 2 aliphatic rings. The van der Waals surface area contributed by atoms with Crippen LogP contribution >= 0.6 is 11.3 Å². The molecule has 4 rings (SSSR count). The van der Waals surface area contributed by atoms with Gasteiger partial charge in [0.1, 0.15) is 0 Å². The van der Waals surface area contributed by atoms with Crippen LogP contribution < -0.4 is 10.6 Å². The molecule has 3 amide bonds. The molecule has 2 heterocycles. The number of hydrogen-bond acceptors (Lipinski definition) is 4. The maximum Gasteiger partial charge on any atom is 0.322 e. The van der Waals surface area contributed by atoms with Gasteiger partial charge in [-0.05, 0) is 37.5 Å². The molecule has 0 bridgehead atoms. The van der Waals surface area contributed by atoms with Crippen molar-refractivity contribution in [2.45, 2.75) is 32.7 Å². The average molecular weight is 356 g/mol. The van der Waals surface area contributed by atoms with Crippen LogP contribution in [0.15, 0.2) is 24.3 Å². The van der Waals surface area contributed by atoms with E-state index in [1.54, 1.807) is 4.90 Å². The minimum atomic E-state index is -0.104. The third kappa shape index (κ3) is 3.66. The highest BCUT2D eigenvalue weighted by Gasteiger charge is 2.31. The Hall–Kier alpha value is -2.41. The normalized spacial score (nSPS) is 16.3. The third-order valence-electron chi connectivity index (χ3n) is 4.47. The Kier molecular flexibility index (Phi) is 4.17. The fraction of sp³-hybridized carbons (Fsp3) is 0.389. The molecule has 1 aliphatic carbocycles. The fourth-order valence-corrected chi connectivity index (χ4v) is 3.93. The molecule has 0 spiro atoms. The Labute approximate surface area is 150 Å². The molecule has 1 saturated carbocycles. The maximum atomic E-state index is 12.5. The highest BCUT2D eigenvalue weighted by atomic mass is 32.1. The predicted octanol–water partition coefficient (Wildman–Crippen LogP) is 3.39. The zero-order valence-corrected chi connectivity index (χ0v) is 14.9. The number of carbonyl (C=O) groups excluding carboxylic acids is 2. The van der Waals surface area contributed by atoms with E-state index in [2.05, 4.69) is 15.6 Å². The van der Waals surface area contributed by atoms with E-state index in [-0.39, 0.29) is 17.9 Å². The lowest BCUT2D eigenvalue weighted by atomic mass is 10.2. The summed E-state index contributed by atoms with van der Waals surface area (Å²) in [6.45, 7) is 3.16. The van der Waals surface area contributed by atoms with Crippen molar-refractivity contribution in [2.75, 3.05) is 17.2 Å². The Morgan fingerprint density at radius 3 is 2.88 bits per heavy atom. The Balaban J connectivity index is 1.40. The number of aromatic nitrogens is 1. The topological polar surface area (TPSA) is 74.3 Å². The number of hydrogen-bond donors (Lipinski definition) is 2. The van der Waals surface area contributed by atoms with Crippen molar-refractivity contribution >= 4 is 34.1 Å². The van der Waals surface area contributed by atoms with Gasteiger partial charge in [-0.25, -0.2) is 9.78 Å². The third-order valence-corrected chi connectivity index (χ3v) is 5.46. The summed E-state index contributed by atoms with van der Waals surface area (Å²) in [4.78, 5) is 31.7. The number of anilines is 2. The second-order valence-electron chi connectivity index (χ2n) is 6.62. The lowest BCUT2D eigenvalue weighted by Gasteiger charge is -2.26. The van der Waals surface area contributed by atoms with Crippen LogP contribution in [0.1, 0.15) is 29.0 Å². The van der Waals surface area contributed by atoms with Gasteiger partial charge in [0.2, 0.25) is 5.91 Å². The number of rotatable bonds is 3. The van der Waals surface area contributed by atoms with Crippen LogP contribution in [-0.2, 0) is 17.8 Å². The van der Waals surface area contributed by atoms with Gasteiger partial charge in [0, 0.05) is 29.4 Å². The lowest BCUT2D eigenvalue weighted by molar-refractivity contribution is -0.117. The van der Waals surface area contributed by atoms with Crippen LogP contribution in [0.2, 0.25) is 0 Å². The van der Waals surface area contributed by atoms with Crippen molar-refractivity contribution in [3.05, 3.63) is 40.4 Å². The number of carbonyl (C=O) groups is 2. The molecule has 1 aromatic heterocycles. The summed E-state index contributed by atoms with van der Waals surface area (Å²) in [6, 6.07) is 7.66. The molecular weight excluding hydrogens is 336 g/mol. The summed E-state index contributed by atoms with van der Waals surface area (Å²) < 4.78 is 0. The van der Waals surface area contributed by atoms with E-state index in [1.807, 2.05) is 31.2 Å². The van der Waals surface area contributed by atoms with Crippen LogP contribution in [0.25, 0.3) is 0 Å². The highest BCUT2D eigenvalue weighted by molar-refractivity contribution is 7.15. The molecule has 0 unspecified atom stereocenters. The zero-order valence-electron chi connectivity index (χ0n) is 14.0. The van der Waals surface area contributed by atoms with Gasteiger partial charge < -0.3 is 15.5 Å². The van der Waals surface area contributed by atoms with Crippen molar-refractivity contribution < 1.29 is 9.59 Å². The second-order valence-corrected chi connectivity index (χ2v) is 7.71. The summed E-state index contributed by atoms with van der Waals surface area (Å²) in [6.07, 6.45) is 2.67. The molecule has 6 nitrogen and oxygen atoms in total. The molecule has 0 radical (unpaired) electrons. The first-order valence-corrected chi connectivity index (χ1v) is 9.32. The van der Waals surface area contributed by atoms with Crippen LogP contribution in [0.5, 0.6) is 0 Å². The van der Waals surface area contributed by atoms with Gasteiger partial charge in [-0.3, -0.25) is 4.79 Å². The number of urea groups is 1. The Morgan fingerprint density at radius 1 is 1.28 bits per heavy atom. The molecule has 1 fully saturated rings. The van der Waals surface area contributed by atoms with E-state index in [4.69, 9.17) is 0 Å². The average Bonchev–Trinajstić information content (AvgIpc) is 3.35. The van der Waals surface area contributed by atoms with E-state index >= 15 is 0 Å². The van der Waals surface area contributed by atoms with Crippen molar-refractivity contribution in [2.24, 2.45) is 5.92 Å². The van der Waals surface area contributed by atoms with E-state index in [0.717, 1.165) is 34.7 Å². The van der Waals surface area contributed by atoms with Crippen LogP contribution in [0, 0.1) is 12.8 Å². The molecule has 25 heavy (non-hydrogen) atoms. The Morgan fingerprint density at radius 2 is 2.12 bits per heavy atom. The quantitative estimate of drug-likeness (QED) is 0.885. The van der Waals surface area contributed by atoms with Crippen molar-refractivity contribution in [3.8, 4) is 0 Å². The summed E-state index contributed by atoms with van der Waals surface area (Å²) in [5, 5.41) is 6.50. The van der Waals surface area contributed by atoms with Gasteiger partial charge in [0.25, 0.3) is 0 Å². The van der Waals surface area contributed by atoms with E-state index in [9.17, 15) is 9.59 Å². The summed E-state index contributed by atoms with van der Waals surface area (Å²) in [5.41, 5.74) is 2.91. The molecular formula is C18H20N4O2S. The first kappa shape index (κ1) is 16.1. The van der Waals surface area contributed by atoms with Crippen LogP contribution in [-0.4, -0.2) is 28.4 Å². The predicted molar refractivity (Wildman–Crippen MR) is 97.8 cm³/mol. The largest absolute Gasteiger partial charge is 0.322 e. The smallest absolute Gasteiger partial charge is 0.319 e. The van der Waals surface area contributed by atoms with Crippen molar-refractivity contribution in [3.63, 3.8) is 0 Å². The first-order valence-electron chi connectivity index (χ1n) is 8.50. The SMILES string of the molecule is Cc1cccc(NC(=O)N2CCc3nc(NC(=O)C4CC4)sc3C2)c1. The number of fused-ring (bicyclic) bond motifs is 1. The van der Waals surface area contributed by atoms with Crippen molar-refractivity contribution in [1.82, 2.24) is 9.88 Å². The number of nitrogens with one attached hydrogen (secondary N) is 2. The molecule has 1 aromatic carbocycles. The van der Waals surface area contributed by atoms with Gasteiger partial charge in [-0.2, -0.15) is 0 Å². The minimum absolute atomic E-state index is 0.0696. The van der Waals surface area contributed by atoms with Gasteiger partial charge in [0.05, 0.1) is 12.2 Å². The number of nitrogens with zero attached hydrogens (tertiary/aromatic N) is 2. The molecule has 7 heteroatoms. The first-order chi connectivity index (χ1) is 12.1. The molecule has 0 saturated heterocycles. The second kappa shape index (κ2) is 6.48. The summed E-state index contributed by atoms with van der Waals surface area (Å²) >= 11 is 1.47. The monoisotopic (exact) mass is 356 g/mol. The maximum absolute atomic E-state index is 12.5. The minimum Gasteiger partial charge on any atom is -0.319 e. The van der Waals surface area contributed by atoms with E-state index in [0.29, 0.717) is 24.6 Å². The number of thiazole rings is 1. The van der Waals surface area contributed by atoms with Crippen LogP contribution in [0.4, 0.5) is 15.6 Å². The van der Waals surface area contributed by atoms with Crippen LogP contribution in [0.3, 0.4) is 0 Å². The molecule has 2 aromatic rings. The molecule has 130 valence electrons. The summed E-state index contributed by atoms with van der Waals surface area (Å²) in [7, 11) is 0. The van der Waals surface area contributed by atoms with Crippen molar-refractivity contribution in [1.29, 1.82) is 0 Å². The Bertz CT molecular complexity index is 828. The van der Waals surface area contributed by atoms with Gasteiger partial charge in [-0.15, -0.1) is 0 Å². The number of amides is 3. The fourth-order valence-electron chi connectivity index (χ4n) is 2.90. The highest BCUT2D eigenvalue weighted by Crippen LogP contribution is 2.33. The number of benzene rings is 1. The standard InChI is InChI=1S/C18H20N4O2S/c1-11-3-2-4-13(9-11)19-18(24)22-8-7-14-15(10-22)25-17(20-14)21-16(23)12-5-6-12/h2-4,9,12H,5-8,10H2,1H3,(H,19,24)(H,20,21,23). The summed E-state index contributed by atoms with van der Waals surface area (Å²) in [5.74, 6) is 0.234. The van der Waals surface area contributed by atoms with Gasteiger partial charge in [0.15, 0.2) is 5.13 Å². The van der Waals surface area contributed by atoms with E-state index in [1.165, 1.54) is 11.3 Å². The molecule has 2 N–H and O–H groups in total. The lowest BCUT2D eigenvalue weighted by Crippen LogP contribution is -2.38.